The Balaban J connectivity index is 2.00. The average Bonchev–Trinajstić information content (AvgIpc) is 2.79. The molecule has 0 fully saturated rings. The molecule has 0 saturated heterocycles. The van der Waals surface area contributed by atoms with Gasteiger partial charge in [0.2, 0.25) is 5.91 Å². The quantitative estimate of drug-likeness (QED) is 0.573. The molecule has 0 aliphatic carbocycles. The van der Waals surface area contributed by atoms with Gasteiger partial charge in [0.25, 0.3) is 5.91 Å². The molecule has 1 atom stereocenters. The van der Waals surface area contributed by atoms with E-state index < -0.39 is 6.17 Å². The molecule has 4 rings (SSSR count). The molecule has 1 unspecified atom stereocenters. The fourth-order valence-electron chi connectivity index (χ4n) is 3.86. The zero-order valence-electron chi connectivity index (χ0n) is 17.3. The average molecular weight is 437 g/mol. The van der Waals surface area contributed by atoms with E-state index in [-0.39, 0.29) is 11.8 Å². The number of carbonyl (C=O) groups is 2. The summed E-state index contributed by atoms with van der Waals surface area (Å²) in [5, 5.41) is 0.551. The largest absolute Gasteiger partial charge is 0.497 e. The molecule has 3 aromatic rings. The first-order chi connectivity index (χ1) is 15.0. The third kappa shape index (κ3) is 3.59. The molecule has 1 aliphatic heterocycles. The molecule has 7 heteroatoms. The van der Waals surface area contributed by atoms with Crippen molar-refractivity contribution in [1.82, 2.24) is 0 Å². The van der Waals surface area contributed by atoms with Crippen LogP contribution in [0.15, 0.2) is 66.7 Å². The molecule has 0 radical (unpaired) electrons. The van der Waals surface area contributed by atoms with E-state index in [0.717, 1.165) is 0 Å². The van der Waals surface area contributed by atoms with Gasteiger partial charge >= 0.3 is 0 Å². The standard InChI is InChI=1S/C24H21ClN2O4/c1-15(28)26-21-7-5-4-6-19(21)24(29)27(17-10-8-16(25)9-11-17)23(26)20-13-12-18(30-2)14-22(20)31-3/h4-14,23H,1-3H3. The van der Waals surface area contributed by atoms with Crippen LogP contribution in [0.2, 0.25) is 5.02 Å². The maximum absolute atomic E-state index is 13.7. The van der Waals surface area contributed by atoms with Gasteiger partial charge in [0.15, 0.2) is 0 Å². The monoisotopic (exact) mass is 436 g/mol. The van der Waals surface area contributed by atoms with Crippen LogP contribution in [0.1, 0.15) is 29.0 Å². The Labute approximate surface area is 185 Å². The van der Waals surface area contributed by atoms with E-state index in [1.54, 1.807) is 78.6 Å². The zero-order chi connectivity index (χ0) is 22.1. The molecule has 158 valence electrons. The predicted octanol–water partition coefficient (Wildman–Crippen LogP) is 5.07. The van der Waals surface area contributed by atoms with Gasteiger partial charge in [-0.25, -0.2) is 0 Å². The number of halogens is 1. The zero-order valence-corrected chi connectivity index (χ0v) is 18.1. The minimum Gasteiger partial charge on any atom is -0.497 e. The number of fused-ring (bicyclic) bond motifs is 1. The van der Waals surface area contributed by atoms with Crippen LogP contribution >= 0.6 is 11.6 Å². The van der Waals surface area contributed by atoms with E-state index in [0.29, 0.717) is 39.0 Å². The number of hydrogen-bond donors (Lipinski definition) is 0. The normalized spacial score (nSPS) is 15.5. The van der Waals surface area contributed by atoms with Crippen molar-refractivity contribution in [3.05, 3.63) is 82.9 Å². The maximum atomic E-state index is 13.7. The van der Waals surface area contributed by atoms with Crippen molar-refractivity contribution in [2.45, 2.75) is 13.1 Å². The molecule has 0 spiro atoms. The van der Waals surface area contributed by atoms with Crippen molar-refractivity contribution in [3.8, 4) is 11.5 Å². The molecule has 0 N–H and O–H groups in total. The molecule has 0 aromatic heterocycles. The van der Waals surface area contributed by atoms with E-state index in [1.165, 1.54) is 6.92 Å². The summed E-state index contributed by atoms with van der Waals surface area (Å²) in [6, 6.07) is 19.4. The molecule has 3 aromatic carbocycles. The highest BCUT2D eigenvalue weighted by Crippen LogP contribution is 2.44. The molecule has 0 saturated carbocycles. The number of anilines is 2. The van der Waals surface area contributed by atoms with Gasteiger partial charge < -0.3 is 9.47 Å². The summed E-state index contributed by atoms with van der Waals surface area (Å²) >= 11 is 6.08. The first-order valence-corrected chi connectivity index (χ1v) is 10.0. The molecule has 1 aliphatic rings. The number of nitrogens with zero attached hydrogens (tertiary/aromatic N) is 2. The Morgan fingerprint density at radius 2 is 1.68 bits per heavy atom. The Morgan fingerprint density at radius 1 is 0.968 bits per heavy atom. The van der Waals surface area contributed by atoms with E-state index in [2.05, 4.69) is 0 Å². The van der Waals surface area contributed by atoms with Gasteiger partial charge in [-0.2, -0.15) is 0 Å². The lowest BCUT2D eigenvalue weighted by atomic mass is 9.99. The van der Waals surface area contributed by atoms with E-state index >= 15 is 0 Å². The summed E-state index contributed by atoms with van der Waals surface area (Å²) in [5.74, 6) is 0.678. The summed E-state index contributed by atoms with van der Waals surface area (Å²) in [4.78, 5) is 29.8. The Morgan fingerprint density at radius 3 is 2.32 bits per heavy atom. The van der Waals surface area contributed by atoms with Crippen molar-refractivity contribution in [3.63, 3.8) is 0 Å². The van der Waals surface area contributed by atoms with Crippen molar-refractivity contribution in [2.24, 2.45) is 0 Å². The van der Waals surface area contributed by atoms with Gasteiger partial charge in [0.1, 0.15) is 17.7 Å². The first kappa shape index (κ1) is 20.8. The van der Waals surface area contributed by atoms with Crippen molar-refractivity contribution in [1.29, 1.82) is 0 Å². The third-order valence-electron chi connectivity index (χ3n) is 5.26. The number of methoxy groups -OCH3 is 2. The number of benzene rings is 3. The SMILES string of the molecule is COc1ccc(C2N(c3ccc(Cl)cc3)C(=O)c3ccccc3N2C(C)=O)c(OC)c1. The molecule has 2 amide bonds. The lowest BCUT2D eigenvalue weighted by Crippen LogP contribution is -2.51. The second-order valence-corrected chi connectivity index (χ2v) is 7.48. The van der Waals surface area contributed by atoms with Gasteiger partial charge in [0, 0.05) is 29.3 Å². The van der Waals surface area contributed by atoms with Crippen LogP contribution in [-0.4, -0.2) is 26.0 Å². The number of amides is 2. The summed E-state index contributed by atoms with van der Waals surface area (Å²) in [5.41, 5.74) is 2.25. The van der Waals surface area contributed by atoms with Crippen LogP contribution in [0.5, 0.6) is 11.5 Å². The van der Waals surface area contributed by atoms with Gasteiger partial charge in [0.05, 0.1) is 25.5 Å². The summed E-state index contributed by atoms with van der Waals surface area (Å²) in [6.45, 7) is 1.48. The Bertz CT molecular complexity index is 1150. The maximum Gasteiger partial charge on any atom is 0.262 e. The van der Waals surface area contributed by atoms with Crippen LogP contribution in [0.25, 0.3) is 0 Å². The minimum atomic E-state index is -0.762. The number of carbonyl (C=O) groups excluding carboxylic acids is 2. The van der Waals surface area contributed by atoms with E-state index in [9.17, 15) is 9.59 Å². The number of ether oxygens (including phenoxy) is 2. The lowest BCUT2D eigenvalue weighted by Gasteiger charge is -2.44. The highest BCUT2D eigenvalue weighted by molar-refractivity contribution is 6.30. The van der Waals surface area contributed by atoms with Crippen LogP contribution in [0, 0.1) is 0 Å². The molecule has 6 nitrogen and oxygen atoms in total. The fourth-order valence-corrected chi connectivity index (χ4v) is 3.99. The van der Waals surface area contributed by atoms with Crippen LogP contribution in [0.3, 0.4) is 0 Å². The van der Waals surface area contributed by atoms with Crippen molar-refractivity contribution >= 4 is 34.8 Å². The molecular formula is C24H21ClN2O4. The molecule has 0 bridgehead atoms. The summed E-state index contributed by atoms with van der Waals surface area (Å²) in [6.07, 6.45) is -0.762. The lowest BCUT2D eigenvalue weighted by molar-refractivity contribution is -0.117. The summed E-state index contributed by atoms with van der Waals surface area (Å²) in [7, 11) is 3.11. The predicted molar refractivity (Wildman–Crippen MR) is 120 cm³/mol. The minimum absolute atomic E-state index is 0.207. The second kappa shape index (κ2) is 8.32. The van der Waals surface area contributed by atoms with Gasteiger partial charge in [-0.05, 0) is 48.5 Å². The first-order valence-electron chi connectivity index (χ1n) is 9.66. The highest BCUT2D eigenvalue weighted by Gasteiger charge is 2.42. The fraction of sp³-hybridized carbons (Fsp3) is 0.167. The van der Waals surface area contributed by atoms with Crippen LogP contribution < -0.4 is 19.3 Å². The van der Waals surface area contributed by atoms with E-state index in [4.69, 9.17) is 21.1 Å². The molecule has 31 heavy (non-hydrogen) atoms. The Hall–Kier alpha value is -3.51. The van der Waals surface area contributed by atoms with Crippen molar-refractivity contribution < 1.29 is 19.1 Å². The molecular weight excluding hydrogens is 416 g/mol. The second-order valence-electron chi connectivity index (χ2n) is 7.04. The number of para-hydroxylation sites is 1. The summed E-state index contributed by atoms with van der Waals surface area (Å²) < 4.78 is 10.9. The van der Waals surface area contributed by atoms with E-state index in [1.807, 2.05) is 12.1 Å². The topological polar surface area (TPSA) is 59.1 Å². The Kier molecular flexibility index (Phi) is 5.57. The molecule has 1 heterocycles. The third-order valence-corrected chi connectivity index (χ3v) is 5.52. The highest BCUT2D eigenvalue weighted by atomic mass is 35.5. The van der Waals surface area contributed by atoms with Crippen LogP contribution in [-0.2, 0) is 4.79 Å². The number of rotatable bonds is 4. The smallest absolute Gasteiger partial charge is 0.262 e. The number of hydrogen-bond acceptors (Lipinski definition) is 4. The van der Waals surface area contributed by atoms with Crippen molar-refractivity contribution in [2.75, 3.05) is 24.0 Å². The van der Waals surface area contributed by atoms with Crippen LogP contribution in [0.4, 0.5) is 11.4 Å². The van der Waals surface area contributed by atoms with Gasteiger partial charge in [-0.3, -0.25) is 19.4 Å². The van der Waals surface area contributed by atoms with Gasteiger partial charge in [-0.1, -0.05) is 23.7 Å². The van der Waals surface area contributed by atoms with Gasteiger partial charge in [-0.15, -0.1) is 0 Å².